The van der Waals surface area contributed by atoms with E-state index in [-0.39, 0.29) is 19.4 Å². The molecule has 11 heteroatoms. The van der Waals surface area contributed by atoms with Crippen molar-refractivity contribution in [2.75, 3.05) is 26.4 Å². The van der Waals surface area contributed by atoms with Crippen LogP contribution in [-0.4, -0.2) is 65.7 Å². The van der Waals surface area contributed by atoms with Gasteiger partial charge >= 0.3 is 19.8 Å². The summed E-state index contributed by atoms with van der Waals surface area (Å²) in [5.74, 6) is 0.691. The fourth-order valence-corrected chi connectivity index (χ4v) is 5.91. The van der Waals surface area contributed by atoms with Gasteiger partial charge in [-0.25, -0.2) is 4.57 Å². The van der Waals surface area contributed by atoms with E-state index in [0.717, 1.165) is 50.4 Å². The van der Waals surface area contributed by atoms with Gasteiger partial charge < -0.3 is 24.6 Å². The largest absolute Gasteiger partial charge is 0.472 e. The minimum absolute atomic E-state index is 0.188. The molecule has 5 atom stereocenters. The maximum Gasteiger partial charge on any atom is 0.472 e. The van der Waals surface area contributed by atoms with E-state index in [1.807, 2.05) is 0 Å². The zero-order valence-corrected chi connectivity index (χ0v) is 31.2. The van der Waals surface area contributed by atoms with Crippen molar-refractivity contribution in [2.45, 2.75) is 181 Å². The van der Waals surface area contributed by atoms with Crippen LogP contribution in [0.15, 0.2) is 0 Å². The summed E-state index contributed by atoms with van der Waals surface area (Å²) in [4.78, 5) is 34.7. The third-order valence-electron chi connectivity index (χ3n) is 8.84. The molecule has 0 radical (unpaired) electrons. The Balaban J connectivity index is 4.39. The van der Waals surface area contributed by atoms with Crippen LogP contribution in [0.25, 0.3) is 0 Å². The highest BCUT2D eigenvalue weighted by Crippen LogP contribution is 2.43. The van der Waals surface area contributed by atoms with E-state index in [1.54, 1.807) is 0 Å². The molecule has 0 fully saturated rings. The lowest BCUT2D eigenvalue weighted by molar-refractivity contribution is -0.161. The summed E-state index contributed by atoms with van der Waals surface area (Å²) in [5, 5.41) is 18.2. The highest BCUT2D eigenvalue weighted by Gasteiger charge is 2.27. The third-order valence-corrected chi connectivity index (χ3v) is 9.79. The van der Waals surface area contributed by atoms with Crippen LogP contribution in [0.1, 0.15) is 169 Å². The molecule has 0 amide bonds. The predicted molar refractivity (Wildman–Crippen MR) is 187 cm³/mol. The van der Waals surface area contributed by atoms with Gasteiger partial charge in [-0.05, 0) is 24.7 Å². The molecule has 0 bridgehead atoms. The zero-order valence-electron chi connectivity index (χ0n) is 30.3. The summed E-state index contributed by atoms with van der Waals surface area (Å²) in [5.41, 5.74) is 0. The second kappa shape index (κ2) is 31.0. The molecule has 0 aromatic carbocycles. The van der Waals surface area contributed by atoms with E-state index in [4.69, 9.17) is 19.1 Å². The van der Waals surface area contributed by atoms with Crippen LogP contribution in [0.2, 0.25) is 0 Å². The summed E-state index contributed by atoms with van der Waals surface area (Å²) in [6.07, 6.45) is 20.9. The monoisotopic (exact) mass is 694 g/mol. The number of rotatable bonds is 34. The molecular formula is C36H71O10P. The molecule has 47 heavy (non-hydrogen) atoms. The molecule has 0 aromatic heterocycles. The number of carbonyl (C=O) groups is 2. The average Bonchev–Trinajstić information content (AvgIpc) is 3.06. The molecule has 0 aliphatic carbocycles. The number of ether oxygens (including phenoxy) is 2. The molecule has 0 aromatic rings. The summed E-state index contributed by atoms with van der Waals surface area (Å²) in [6, 6.07) is 0. The van der Waals surface area contributed by atoms with Gasteiger partial charge in [0.25, 0.3) is 0 Å². The number of aliphatic hydroxyl groups excluding tert-OH is 2. The number of unbranched alkanes of at least 4 members (excludes halogenated alkanes) is 14. The number of esters is 2. The minimum Gasteiger partial charge on any atom is -0.462 e. The molecule has 0 saturated carbocycles. The van der Waals surface area contributed by atoms with Gasteiger partial charge in [-0.1, -0.05) is 143 Å². The first-order chi connectivity index (χ1) is 22.5. The Hall–Kier alpha value is -1.03. The van der Waals surface area contributed by atoms with Crippen LogP contribution in [0.3, 0.4) is 0 Å². The number of phosphoric acid groups is 1. The van der Waals surface area contributed by atoms with Gasteiger partial charge in [0.15, 0.2) is 6.10 Å². The van der Waals surface area contributed by atoms with Crippen LogP contribution < -0.4 is 0 Å². The Bertz CT molecular complexity index is 796. The van der Waals surface area contributed by atoms with E-state index in [2.05, 4.69) is 32.2 Å². The number of aliphatic hydroxyl groups is 2. The van der Waals surface area contributed by atoms with Crippen molar-refractivity contribution < 1.29 is 47.8 Å². The maximum absolute atomic E-state index is 12.5. The summed E-state index contributed by atoms with van der Waals surface area (Å²) >= 11 is 0. The van der Waals surface area contributed by atoms with Crippen molar-refractivity contribution in [2.24, 2.45) is 11.8 Å². The first kappa shape index (κ1) is 46.0. The fraction of sp³-hybridized carbons (Fsp3) is 0.944. The van der Waals surface area contributed by atoms with Crippen LogP contribution in [-0.2, 0) is 32.7 Å². The van der Waals surface area contributed by atoms with Crippen molar-refractivity contribution in [3.8, 4) is 0 Å². The smallest absolute Gasteiger partial charge is 0.462 e. The molecule has 3 unspecified atom stereocenters. The Kier molecular flexibility index (Phi) is 30.3. The molecule has 0 aliphatic rings. The average molecular weight is 695 g/mol. The van der Waals surface area contributed by atoms with E-state index in [1.165, 1.54) is 77.0 Å². The Morgan fingerprint density at radius 1 is 0.617 bits per heavy atom. The normalized spacial score (nSPS) is 15.5. The lowest BCUT2D eigenvalue weighted by Gasteiger charge is -2.20. The zero-order chi connectivity index (χ0) is 35.2. The van der Waals surface area contributed by atoms with Crippen molar-refractivity contribution in [1.82, 2.24) is 0 Å². The lowest BCUT2D eigenvalue weighted by atomic mass is 9.99. The molecule has 3 N–H and O–H groups in total. The molecule has 0 rings (SSSR count). The highest BCUT2D eigenvalue weighted by atomic mass is 31.2. The van der Waals surface area contributed by atoms with E-state index >= 15 is 0 Å². The topological polar surface area (TPSA) is 149 Å². The highest BCUT2D eigenvalue weighted by molar-refractivity contribution is 7.47. The second-order valence-corrected chi connectivity index (χ2v) is 14.9. The van der Waals surface area contributed by atoms with Gasteiger partial charge in [-0.15, -0.1) is 0 Å². The van der Waals surface area contributed by atoms with Gasteiger partial charge in [0.05, 0.1) is 19.8 Å². The van der Waals surface area contributed by atoms with E-state index in [0.29, 0.717) is 12.8 Å². The quantitative estimate of drug-likeness (QED) is 0.0339. The van der Waals surface area contributed by atoms with Crippen LogP contribution in [0.4, 0.5) is 0 Å². The summed E-state index contributed by atoms with van der Waals surface area (Å²) < 4.78 is 32.5. The van der Waals surface area contributed by atoms with Crippen LogP contribution in [0, 0.1) is 11.8 Å². The Morgan fingerprint density at radius 3 is 1.47 bits per heavy atom. The Labute approximate surface area is 286 Å². The van der Waals surface area contributed by atoms with E-state index < -0.39 is 51.8 Å². The number of hydrogen-bond donors (Lipinski definition) is 3. The van der Waals surface area contributed by atoms with Gasteiger partial charge in [-0.3, -0.25) is 18.6 Å². The van der Waals surface area contributed by atoms with Gasteiger partial charge in [0.2, 0.25) is 0 Å². The first-order valence-electron chi connectivity index (χ1n) is 18.8. The summed E-state index contributed by atoms with van der Waals surface area (Å²) in [6.45, 7) is 6.98. The number of hydrogen-bond acceptors (Lipinski definition) is 9. The second-order valence-electron chi connectivity index (χ2n) is 13.5. The molecule has 10 nitrogen and oxygen atoms in total. The number of carbonyl (C=O) groups excluding carboxylic acids is 2. The first-order valence-corrected chi connectivity index (χ1v) is 20.3. The molecule has 0 saturated heterocycles. The molecular weight excluding hydrogens is 623 g/mol. The fourth-order valence-electron chi connectivity index (χ4n) is 5.12. The molecule has 0 aliphatic heterocycles. The molecule has 280 valence electrons. The minimum atomic E-state index is -4.60. The summed E-state index contributed by atoms with van der Waals surface area (Å²) in [7, 11) is -4.60. The number of phosphoric ester groups is 1. The van der Waals surface area contributed by atoms with Crippen molar-refractivity contribution in [3.63, 3.8) is 0 Å². The van der Waals surface area contributed by atoms with Gasteiger partial charge in [0, 0.05) is 12.8 Å². The maximum atomic E-state index is 12.5. The predicted octanol–water partition coefficient (Wildman–Crippen LogP) is 8.82. The van der Waals surface area contributed by atoms with Crippen molar-refractivity contribution >= 4 is 19.8 Å². The van der Waals surface area contributed by atoms with Crippen LogP contribution >= 0.6 is 7.82 Å². The standard InChI is InChI=1S/C36H71O10P/c1-5-31(3)23-19-15-11-9-7-8-10-12-18-22-26-36(40)46-34(30-45-47(41,42)44-28-33(38)27-37)29-43-35(39)25-21-17-14-13-16-20-24-32(4)6-2/h31-34,37-38H,5-30H2,1-4H3,(H,41,42)/t31?,32?,33-,34+/m0/s1. The van der Waals surface area contributed by atoms with Crippen molar-refractivity contribution in [3.05, 3.63) is 0 Å². The molecule has 0 heterocycles. The van der Waals surface area contributed by atoms with Gasteiger partial charge in [0.1, 0.15) is 12.7 Å². The van der Waals surface area contributed by atoms with Gasteiger partial charge in [-0.2, -0.15) is 0 Å². The third kappa shape index (κ3) is 30.7. The van der Waals surface area contributed by atoms with Crippen molar-refractivity contribution in [1.29, 1.82) is 0 Å². The SMILES string of the molecule is CCC(C)CCCCCCCCCCCCC(=O)O[C@H](COC(=O)CCCCCCCCC(C)CC)COP(=O)(O)OC[C@@H](O)CO. The van der Waals surface area contributed by atoms with Crippen LogP contribution in [0.5, 0.6) is 0 Å². The Morgan fingerprint density at radius 2 is 1.02 bits per heavy atom. The molecule has 0 spiro atoms. The lowest BCUT2D eigenvalue weighted by Crippen LogP contribution is -2.29. The van der Waals surface area contributed by atoms with E-state index in [9.17, 15) is 24.2 Å².